The number of halogens is 2. The molecule has 1 N–H and O–H groups in total. The van der Waals surface area contributed by atoms with Crippen LogP contribution in [0.1, 0.15) is 17.0 Å². The average Bonchev–Trinajstić information content (AvgIpc) is 2.86. The summed E-state index contributed by atoms with van der Waals surface area (Å²) in [6, 6.07) is 4.53. The van der Waals surface area contributed by atoms with Gasteiger partial charge in [0, 0.05) is 12.4 Å². The first-order valence-corrected chi connectivity index (χ1v) is 5.79. The monoisotopic (exact) mass is 296 g/mol. The number of carbonyl (C=O) groups excluding carboxylic acids is 1. The Hall–Kier alpha value is -1.49. The fraction of sp³-hybridized carbons (Fsp3) is 0.167. The average molecular weight is 297 g/mol. The van der Waals surface area contributed by atoms with Crippen LogP contribution < -0.4 is 0 Å². The van der Waals surface area contributed by atoms with E-state index in [9.17, 15) is 9.18 Å². The van der Waals surface area contributed by atoms with Crippen LogP contribution in [0, 0.1) is 12.7 Å². The number of nitrogens with one attached hydrogen (secondary N) is 1. The van der Waals surface area contributed by atoms with Gasteiger partial charge in [-0.2, -0.15) is 0 Å². The number of carbonyl (C=O) groups is 1. The number of aldehydes is 1. The first-order valence-electron chi connectivity index (χ1n) is 4.99. The van der Waals surface area contributed by atoms with Gasteiger partial charge in [0.05, 0.1) is 0 Å². The predicted octanol–water partition coefficient (Wildman–Crippen LogP) is 2.69. The summed E-state index contributed by atoms with van der Waals surface area (Å²) in [6.45, 7) is 1.65. The molecule has 0 bridgehead atoms. The summed E-state index contributed by atoms with van der Waals surface area (Å²) in [6.07, 6.45) is 3.93. The van der Waals surface area contributed by atoms with Gasteiger partial charge in [-0.3, -0.25) is 0 Å². The molecule has 3 nitrogen and oxygen atoms in total. The van der Waals surface area contributed by atoms with Crippen molar-refractivity contribution in [2.75, 3.05) is 0 Å². The van der Waals surface area contributed by atoms with E-state index in [4.69, 9.17) is 0 Å². The van der Waals surface area contributed by atoms with Crippen molar-refractivity contribution in [3.05, 3.63) is 53.4 Å². The molecule has 0 aliphatic heterocycles. The lowest BCUT2D eigenvalue weighted by Gasteiger charge is -2.19. The number of hydrogen-bond acceptors (Lipinski definition) is 2. The quantitative estimate of drug-likeness (QED) is 0.699. The fourth-order valence-electron chi connectivity index (χ4n) is 1.60. The number of imidazole rings is 1. The van der Waals surface area contributed by atoms with E-state index in [2.05, 4.69) is 25.9 Å². The summed E-state index contributed by atoms with van der Waals surface area (Å²) in [5.74, 6) is 0.174. The van der Waals surface area contributed by atoms with E-state index < -0.39 is 4.32 Å². The molecule has 2 rings (SSSR count). The van der Waals surface area contributed by atoms with Crippen molar-refractivity contribution in [3.63, 3.8) is 0 Å². The lowest BCUT2D eigenvalue weighted by atomic mass is 9.98. The largest absolute Gasteiger partial charge is 0.347 e. The molecule has 0 fully saturated rings. The smallest absolute Gasteiger partial charge is 0.163 e. The predicted molar refractivity (Wildman–Crippen MR) is 65.5 cm³/mol. The second-order valence-electron chi connectivity index (χ2n) is 3.73. The lowest BCUT2D eigenvalue weighted by Crippen LogP contribution is -2.23. The van der Waals surface area contributed by atoms with Crippen molar-refractivity contribution in [1.82, 2.24) is 9.97 Å². The molecule has 17 heavy (non-hydrogen) atoms. The van der Waals surface area contributed by atoms with E-state index in [1.807, 2.05) is 0 Å². The third kappa shape index (κ3) is 2.02. The number of H-pyrrole nitrogens is 1. The molecule has 0 radical (unpaired) electrons. The van der Waals surface area contributed by atoms with Crippen molar-refractivity contribution >= 4 is 22.2 Å². The van der Waals surface area contributed by atoms with Crippen LogP contribution in [-0.2, 0) is 9.12 Å². The van der Waals surface area contributed by atoms with Gasteiger partial charge in [-0.05, 0) is 24.1 Å². The molecule has 1 atom stereocenters. The van der Waals surface area contributed by atoms with E-state index in [0.717, 1.165) is 6.29 Å². The maximum absolute atomic E-state index is 13.2. The van der Waals surface area contributed by atoms with Gasteiger partial charge in [0.2, 0.25) is 0 Å². The van der Waals surface area contributed by atoms with Crippen LogP contribution in [0.2, 0.25) is 0 Å². The van der Waals surface area contributed by atoms with Crippen molar-refractivity contribution in [1.29, 1.82) is 0 Å². The van der Waals surface area contributed by atoms with E-state index in [1.54, 1.807) is 31.5 Å². The number of benzene rings is 1. The maximum atomic E-state index is 13.2. The second kappa shape index (κ2) is 4.41. The first kappa shape index (κ1) is 12.0. The van der Waals surface area contributed by atoms with Gasteiger partial charge in [0.15, 0.2) is 4.32 Å². The van der Waals surface area contributed by atoms with E-state index in [0.29, 0.717) is 17.0 Å². The molecular weight excluding hydrogens is 287 g/mol. The summed E-state index contributed by atoms with van der Waals surface area (Å²) in [4.78, 5) is 18.3. The number of rotatable bonds is 3. The van der Waals surface area contributed by atoms with Gasteiger partial charge in [-0.1, -0.05) is 28.1 Å². The number of aryl methyl sites for hydroxylation is 1. The molecule has 0 aliphatic carbocycles. The normalized spacial score (nSPS) is 14.3. The molecule has 1 aromatic carbocycles. The number of aromatic amines is 1. The van der Waals surface area contributed by atoms with Gasteiger partial charge in [-0.25, -0.2) is 9.37 Å². The molecule has 1 unspecified atom stereocenters. The molecule has 0 saturated heterocycles. The Morgan fingerprint density at radius 2 is 2.29 bits per heavy atom. The minimum atomic E-state index is -1.06. The van der Waals surface area contributed by atoms with Crippen LogP contribution in [-0.4, -0.2) is 16.3 Å². The highest BCUT2D eigenvalue weighted by Crippen LogP contribution is 2.35. The Balaban J connectivity index is 2.55. The topological polar surface area (TPSA) is 45.8 Å². The molecule has 5 heteroatoms. The number of nitrogens with zero attached hydrogens (tertiary/aromatic N) is 1. The highest BCUT2D eigenvalue weighted by atomic mass is 79.9. The summed E-state index contributed by atoms with van der Waals surface area (Å²) < 4.78 is 12.1. The van der Waals surface area contributed by atoms with Gasteiger partial charge in [0.1, 0.15) is 17.9 Å². The Bertz CT molecular complexity index is 541. The number of hydrogen-bond donors (Lipinski definition) is 1. The maximum Gasteiger partial charge on any atom is 0.163 e. The number of aromatic nitrogens is 2. The van der Waals surface area contributed by atoms with Crippen LogP contribution in [0.5, 0.6) is 0 Å². The third-order valence-corrected chi connectivity index (χ3v) is 3.60. The summed E-state index contributed by atoms with van der Waals surface area (Å²) in [5.41, 5.74) is 1.13. The van der Waals surface area contributed by atoms with Crippen LogP contribution in [0.15, 0.2) is 30.6 Å². The molecule has 1 heterocycles. The van der Waals surface area contributed by atoms with Crippen molar-refractivity contribution in [2.24, 2.45) is 0 Å². The van der Waals surface area contributed by atoms with Crippen LogP contribution in [0.4, 0.5) is 4.39 Å². The zero-order valence-corrected chi connectivity index (χ0v) is 10.7. The van der Waals surface area contributed by atoms with E-state index in [1.165, 1.54) is 6.07 Å². The summed E-state index contributed by atoms with van der Waals surface area (Å²) in [5, 5.41) is 0. The zero-order chi connectivity index (χ0) is 12.5. The van der Waals surface area contributed by atoms with Crippen molar-refractivity contribution in [3.8, 4) is 0 Å². The molecular formula is C12H10BrFN2O. The van der Waals surface area contributed by atoms with Crippen molar-refractivity contribution < 1.29 is 9.18 Å². The SMILES string of the molecule is Cc1cc(C(Br)(C=O)c2ncc[nH]2)ccc1F. The first-order chi connectivity index (χ1) is 8.08. The fourth-order valence-corrected chi connectivity index (χ4v) is 2.06. The Morgan fingerprint density at radius 1 is 1.53 bits per heavy atom. The van der Waals surface area contributed by atoms with Gasteiger partial charge >= 0.3 is 0 Å². The van der Waals surface area contributed by atoms with Crippen LogP contribution >= 0.6 is 15.9 Å². The Morgan fingerprint density at radius 3 is 2.82 bits per heavy atom. The highest BCUT2D eigenvalue weighted by molar-refractivity contribution is 9.10. The standard InChI is InChI=1S/C12H10BrFN2O/c1-8-6-9(2-3-10(8)14)12(13,7-17)11-15-4-5-16-11/h2-7H,1H3,(H,15,16). The molecule has 0 spiro atoms. The van der Waals surface area contributed by atoms with Gasteiger partial charge < -0.3 is 9.78 Å². The van der Waals surface area contributed by atoms with Crippen LogP contribution in [0.25, 0.3) is 0 Å². The molecule has 0 amide bonds. The Labute approximate surface area is 106 Å². The van der Waals surface area contributed by atoms with E-state index >= 15 is 0 Å². The van der Waals surface area contributed by atoms with Gasteiger partial charge in [0.25, 0.3) is 0 Å². The summed E-state index contributed by atoms with van der Waals surface area (Å²) >= 11 is 3.35. The molecule has 0 aliphatic rings. The molecule has 1 aromatic heterocycles. The summed E-state index contributed by atoms with van der Waals surface area (Å²) in [7, 11) is 0. The minimum Gasteiger partial charge on any atom is -0.347 e. The second-order valence-corrected chi connectivity index (χ2v) is 4.98. The zero-order valence-electron chi connectivity index (χ0n) is 9.08. The van der Waals surface area contributed by atoms with Crippen molar-refractivity contribution in [2.45, 2.75) is 11.2 Å². The highest BCUT2D eigenvalue weighted by Gasteiger charge is 2.33. The molecule has 88 valence electrons. The van der Waals surface area contributed by atoms with Crippen LogP contribution in [0.3, 0.4) is 0 Å². The van der Waals surface area contributed by atoms with E-state index in [-0.39, 0.29) is 5.82 Å². The van der Waals surface area contributed by atoms with Gasteiger partial charge in [-0.15, -0.1) is 0 Å². The third-order valence-electron chi connectivity index (χ3n) is 2.58. The Kier molecular flexibility index (Phi) is 3.11. The lowest BCUT2D eigenvalue weighted by molar-refractivity contribution is -0.109. The molecule has 0 saturated carbocycles. The number of alkyl halides is 1. The minimum absolute atomic E-state index is 0.297. The molecule has 2 aromatic rings.